The van der Waals surface area contributed by atoms with Gasteiger partial charge in [-0.1, -0.05) is 22.0 Å². The summed E-state index contributed by atoms with van der Waals surface area (Å²) >= 11 is 3.56. The van der Waals surface area contributed by atoms with E-state index in [1.807, 2.05) is 45.9 Å². The summed E-state index contributed by atoms with van der Waals surface area (Å²) in [4.78, 5) is 11.9. The third-order valence-electron chi connectivity index (χ3n) is 4.82. The number of carbonyl (C=O) groups is 1. The molecular weight excluding hydrogens is 375 g/mol. The highest BCUT2D eigenvalue weighted by atomic mass is 79.9. The molecule has 1 fully saturated rings. The molecule has 0 N–H and O–H groups in total. The van der Waals surface area contributed by atoms with E-state index in [1.54, 1.807) is 7.11 Å². The van der Waals surface area contributed by atoms with Crippen molar-refractivity contribution >= 4 is 29.0 Å². The maximum atomic E-state index is 11.9. The first-order valence-electron chi connectivity index (χ1n) is 7.87. The van der Waals surface area contributed by atoms with Gasteiger partial charge in [0.2, 0.25) is 0 Å². The van der Waals surface area contributed by atoms with Gasteiger partial charge in [0, 0.05) is 10.3 Å². The Kier molecular flexibility index (Phi) is 5.67. The van der Waals surface area contributed by atoms with Crippen LogP contribution in [0.4, 0.5) is 0 Å². The highest BCUT2D eigenvalue weighted by Gasteiger charge is 2.54. The van der Waals surface area contributed by atoms with Crippen LogP contribution in [0.1, 0.15) is 45.5 Å². The number of hydrogen-bond donors (Lipinski definition) is 0. The van der Waals surface area contributed by atoms with E-state index >= 15 is 0 Å². The third-order valence-corrected chi connectivity index (χ3v) is 5.51. The van der Waals surface area contributed by atoms with Crippen LogP contribution in [0, 0.1) is 0 Å². The van der Waals surface area contributed by atoms with E-state index in [0.29, 0.717) is 0 Å². The number of esters is 1. The zero-order valence-electron chi connectivity index (χ0n) is 15.0. The van der Waals surface area contributed by atoms with Gasteiger partial charge in [-0.2, -0.15) is 0 Å². The summed E-state index contributed by atoms with van der Waals surface area (Å²) in [6, 6.07) is 5.64. The third kappa shape index (κ3) is 3.78. The molecule has 0 aromatic heterocycles. The average molecular weight is 399 g/mol. The van der Waals surface area contributed by atoms with E-state index in [9.17, 15) is 4.79 Å². The van der Waals surface area contributed by atoms with Crippen molar-refractivity contribution in [3.05, 3.63) is 28.2 Å². The maximum absolute atomic E-state index is 11.9. The Balaban J connectivity index is 2.38. The lowest BCUT2D eigenvalue weighted by Gasteiger charge is -2.32. The fourth-order valence-corrected chi connectivity index (χ4v) is 3.26. The van der Waals surface area contributed by atoms with Crippen LogP contribution >= 0.6 is 15.9 Å². The Morgan fingerprint density at radius 1 is 1.21 bits per heavy atom. The number of rotatable bonds is 5. The molecule has 1 aliphatic heterocycles. The Morgan fingerprint density at radius 3 is 2.25 bits per heavy atom. The Labute approximate surface area is 152 Å². The predicted molar refractivity (Wildman–Crippen MR) is 96.2 cm³/mol. The van der Waals surface area contributed by atoms with Crippen LogP contribution in [0.5, 0.6) is 5.75 Å². The first kappa shape index (κ1) is 19.3. The number of carbonyl (C=O) groups excluding carboxylic acids is 1. The summed E-state index contributed by atoms with van der Waals surface area (Å²) in [5.74, 6) is 0.132. The maximum Gasteiger partial charge on any atom is 0.466 e. The Bertz CT molecular complexity index is 601. The topological polar surface area (TPSA) is 54.0 Å². The number of halogens is 1. The fourth-order valence-electron chi connectivity index (χ4n) is 2.60. The molecule has 7 heteroatoms. The molecule has 5 nitrogen and oxygen atoms in total. The number of hydrogen-bond acceptors (Lipinski definition) is 5. The van der Waals surface area contributed by atoms with Crippen LogP contribution in [-0.2, 0) is 18.8 Å². The van der Waals surface area contributed by atoms with E-state index in [0.717, 1.165) is 15.8 Å². The van der Waals surface area contributed by atoms with Crippen molar-refractivity contribution in [3.8, 4) is 5.75 Å². The van der Waals surface area contributed by atoms with E-state index in [2.05, 4.69) is 15.9 Å². The van der Waals surface area contributed by atoms with Gasteiger partial charge in [-0.05, 0) is 45.4 Å². The SMILES string of the molecule is COC(=O)CC(B1OC(C)(C)C(C)(C)O1)c1ccc(OC)cc1Br. The van der Waals surface area contributed by atoms with Crippen molar-refractivity contribution in [1.29, 1.82) is 0 Å². The molecule has 1 aromatic carbocycles. The van der Waals surface area contributed by atoms with Crippen LogP contribution in [0.3, 0.4) is 0 Å². The van der Waals surface area contributed by atoms with Crippen molar-refractivity contribution in [2.24, 2.45) is 0 Å². The second kappa shape index (κ2) is 7.06. The minimum atomic E-state index is -0.543. The van der Waals surface area contributed by atoms with E-state index < -0.39 is 18.3 Å². The summed E-state index contributed by atoms with van der Waals surface area (Å²) in [6.45, 7) is 7.97. The zero-order chi connectivity index (χ0) is 18.1. The molecule has 1 unspecified atom stereocenters. The summed E-state index contributed by atoms with van der Waals surface area (Å²) < 4.78 is 23.2. The Hall–Kier alpha value is -1.05. The molecule has 0 spiro atoms. The molecule has 1 atom stereocenters. The normalized spacial score (nSPS) is 19.9. The standard InChI is InChI=1S/C17H24BBrO5/c1-16(2)17(3,4)24-18(23-16)13(10-15(20)22-6)12-8-7-11(21-5)9-14(12)19/h7-9,13H,10H2,1-6H3. The monoisotopic (exact) mass is 398 g/mol. The quantitative estimate of drug-likeness (QED) is 0.558. The Morgan fingerprint density at radius 2 is 1.79 bits per heavy atom. The van der Waals surface area contributed by atoms with Gasteiger partial charge in [0.25, 0.3) is 0 Å². The van der Waals surface area contributed by atoms with Crippen LogP contribution in [0.2, 0.25) is 0 Å². The molecule has 0 aliphatic carbocycles. The molecule has 24 heavy (non-hydrogen) atoms. The van der Waals surface area contributed by atoms with Gasteiger partial charge in [0.05, 0.1) is 31.8 Å². The molecule has 0 saturated carbocycles. The molecule has 132 valence electrons. The van der Waals surface area contributed by atoms with Crippen LogP contribution in [0.15, 0.2) is 22.7 Å². The van der Waals surface area contributed by atoms with Crippen molar-refractivity contribution in [1.82, 2.24) is 0 Å². The number of methoxy groups -OCH3 is 2. The van der Waals surface area contributed by atoms with Gasteiger partial charge in [0.15, 0.2) is 0 Å². The van der Waals surface area contributed by atoms with Gasteiger partial charge >= 0.3 is 13.1 Å². The van der Waals surface area contributed by atoms with Crippen LogP contribution < -0.4 is 4.74 Å². The highest BCUT2D eigenvalue weighted by molar-refractivity contribution is 9.10. The molecule has 1 saturated heterocycles. The molecule has 0 radical (unpaired) electrons. The van der Waals surface area contributed by atoms with Crippen LogP contribution in [-0.4, -0.2) is 38.5 Å². The predicted octanol–water partition coefficient (Wildman–Crippen LogP) is 3.74. The summed E-state index contributed by atoms with van der Waals surface area (Å²) in [5.41, 5.74) is -0.0182. The largest absolute Gasteiger partial charge is 0.497 e. The highest BCUT2D eigenvalue weighted by Crippen LogP contribution is 2.43. The van der Waals surface area contributed by atoms with E-state index in [-0.39, 0.29) is 18.2 Å². The fraction of sp³-hybridized carbons (Fsp3) is 0.588. The minimum absolute atomic E-state index is 0.165. The summed E-state index contributed by atoms with van der Waals surface area (Å²) in [5, 5.41) is 0. The van der Waals surface area contributed by atoms with Crippen molar-refractivity contribution in [3.63, 3.8) is 0 Å². The van der Waals surface area contributed by atoms with Gasteiger partial charge in [-0.3, -0.25) is 4.79 Å². The molecule has 1 aromatic rings. The van der Waals surface area contributed by atoms with Gasteiger partial charge in [0.1, 0.15) is 5.75 Å². The molecule has 1 aliphatic rings. The lowest BCUT2D eigenvalue weighted by molar-refractivity contribution is -0.140. The summed E-state index contributed by atoms with van der Waals surface area (Å²) in [6.07, 6.45) is 0.165. The second-order valence-corrected chi connectivity index (χ2v) is 7.75. The van der Waals surface area contributed by atoms with Crippen molar-refractivity contribution in [2.45, 2.75) is 51.1 Å². The number of benzene rings is 1. The molecule has 2 rings (SSSR count). The summed E-state index contributed by atoms with van der Waals surface area (Å²) in [7, 11) is 2.45. The minimum Gasteiger partial charge on any atom is -0.497 e. The lowest BCUT2D eigenvalue weighted by atomic mass is 9.66. The van der Waals surface area contributed by atoms with Gasteiger partial charge in [-0.15, -0.1) is 0 Å². The number of ether oxygens (including phenoxy) is 2. The first-order chi connectivity index (χ1) is 11.1. The van der Waals surface area contributed by atoms with E-state index in [4.69, 9.17) is 18.8 Å². The molecule has 0 bridgehead atoms. The lowest BCUT2D eigenvalue weighted by Crippen LogP contribution is -2.41. The van der Waals surface area contributed by atoms with Crippen molar-refractivity contribution < 1.29 is 23.6 Å². The molecule has 1 heterocycles. The van der Waals surface area contributed by atoms with Crippen molar-refractivity contribution in [2.75, 3.05) is 14.2 Å². The average Bonchev–Trinajstić information content (AvgIpc) is 2.72. The molecular formula is C17H24BBrO5. The smallest absolute Gasteiger partial charge is 0.466 e. The van der Waals surface area contributed by atoms with Crippen LogP contribution in [0.25, 0.3) is 0 Å². The zero-order valence-corrected chi connectivity index (χ0v) is 16.6. The molecule has 0 amide bonds. The van der Waals surface area contributed by atoms with Gasteiger partial charge in [-0.25, -0.2) is 0 Å². The van der Waals surface area contributed by atoms with E-state index in [1.165, 1.54) is 7.11 Å². The van der Waals surface area contributed by atoms with Gasteiger partial charge < -0.3 is 18.8 Å². The first-order valence-corrected chi connectivity index (χ1v) is 8.66. The second-order valence-electron chi connectivity index (χ2n) is 6.90.